The van der Waals surface area contributed by atoms with Gasteiger partial charge < -0.3 is 9.47 Å². The first-order valence-electron chi connectivity index (χ1n) is 6.09. The van der Waals surface area contributed by atoms with Crippen LogP contribution in [0, 0.1) is 23.7 Å². The summed E-state index contributed by atoms with van der Waals surface area (Å²) in [5.74, 6) is 0.976. The van der Waals surface area contributed by atoms with Crippen LogP contribution >= 0.6 is 0 Å². The van der Waals surface area contributed by atoms with Gasteiger partial charge in [-0.1, -0.05) is 0 Å². The second-order valence-corrected chi connectivity index (χ2v) is 5.20. The molecule has 0 amide bonds. The van der Waals surface area contributed by atoms with E-state index in [0.717, 1.165) is 6.42 Å². The number of methoxy groups -OCH3 is 2. The molecule has 2 bridgehead atoms. The van der Waals surface area contributed by atoms with Crippen molar-refractivity contribution in [3.05, 3.63) is 11.1 Å². The molecular weight excluding hydrogens is 220 g/mol. The standard InChI is InChI=1S/C13H16O4/c1-16-12(14)10-8-6-3-4-7(5-6)9(8)11(10)13(15)17-2/h6-9H,3-5H2,1-2H3. The summed E-state index contributed by atoms with van der Waals surface area (Å²) in [6.45, 7) is 0. The van der Waals surface area contributed by atoms with Crippen molar-refractivity contribution >= 4 is 11.9 Å². The minimum Gasteiger partial charge on any atom is -0.466 e. The van der Waals surface area contributed by atoms with Gasteiger partial charge in [0.15, 0.2) is 0 Å². The van der Waals surface area contributed by atoms with Crippen LogP contribution in [0.3, 0.4) is 0 Å². The van der Waals surface area contributed by atoms with Gasteiger partial charge in [0.1, 0.15) is 0 Å². The number of ether oxygens (including phenoxy) is 2. The Morgan fingerprint density at radius 3 is 1.71 bits per heavy atom. The van der Waals surface area contributed by atoms with Crippen molar-refractivity contribution in [2.24, 2.45) is 23.7 Å². The first kappa shape index (κ1) is 10.8. The lowest BCUT2D eigenvalue weighted by Gasteiger charge is -2.42. The molecule has 0 heterocycles. The molecule has 4 nitrogen and oxygen atoms in total. The maximum absolute atomic E-state index is 11.8. The summed E-state index contributed by atoms with van der Waals surface area (Å²) in [7, 11) is 2.73. The van der Waals surface area contributed by atoms with E-state index >= 15 is 0 Å². The third kappa shape index (κ3) is 1.24. The quantitative estimate of drug-likeness (QED) is 0.678. The number of hydrogen-bond donors (Lipinski definition) is 0. The Kier molecular flexibility index (Phi) is 2.28. The Morgan fingerprint density at radius 2 is 1.35 bits per heavy atom. The zero-order valence-corrected chi connectivity index (χ0v) is 10.1. The second-order valence-electron chi connectivity index (χ2n) is 5.20. The highest BCUT2D eigenvalue weighted by molar-refractivity contribution is 6.04. The van der Waals surface area contributed by atoms with E-state index < -0.39 is 0 Å². The first-order chi connectivity index (χ1) is 8.19. The van der Waals surface area contributed by atoms with Gasteiger partial charge in [-0.05, 0) is 31.1 Å². The van der Waals surface area contributed by atoms with Crippen LogP contribution in [-0.2, 0) is 19.1 Å². The first-order valence-corrected chi connectivity index (χ1v) is 6.09. The molecule has 4 atom stereocenters. The highest BCUT2D eigenvalue weighted by atomic mass is 16.5. The van der Waals surface area contributed by atoms with E-state index in [0.29, 0.717) is 23.0 Å². The van der Waals surface area contributed by atoms with E-state index in [1.165, 1.54) is 27.1 Å². The van der Waals surface area contributed by atoms with Crippen LogP contribution in [-0.4, -0.2) is 26.2 Å². The van der Waals surface area contributed by atoms with Crippen molar-refractivity contribution in [1.82, 2.24) is 0 Å². The maximum Gasteiger partial charge on any atom is 0.334 e. The van der Waals surface area contributed by atoms with E-state index in [9.17, 15) is 9.59 Å². The van der Waals surface area contributed by atoms with E-state index in [4.69, 9.17) is 9.47 Å². The summed E-state index contributed by atoms with van der Waals surface area (Å²) in [5.41, 5.74) is 1.19. The second kappa shape index (κ2) is 3.59. The Bertz CT molecular complexity index is 385. The Hall–Kier alpha value is -1.32. The van der Waals surface area contributed by atoms with Gasteiger partial charge in [-0.3, -0.25) is 0 Å². The van der Waals surface area contributed by atoms with Gasteiger partial charge in [-0.25, -0.2) is 9.59 Å². The highest BCUT2D eigenvalue weighted by Crippen LogP contribution is 2.63. The Balaban J connectivity index is 2.00. The molecule has 3 aliphatic rings. The summed E-state index contributed by atoms with van der Waals surface area (Å²) < 4.78 is 9.58. The molecule has 3 rings (SSSR count). The molecule has 2 fully saturated rings. The minimum atomic E-state index is -0.348. The van der Waals surface area contributed by atoms with Crippen LogP contribution in [0.25, 0.3) is 0 Å². The topological polar surface area (TPSA) is 52.6 Å². The lowest BCUT2D eigenvalue weighted by molar-refractivity contribution is -0.143. The third-order valence-corrected chi connectivity index (χ3v) is 4.68. The summed E-state index contributed by atoms with van der Waals surface area (Å²) in [5, 5.41) is 0. The lowest BCUT2D eigenvalue weighted by atomic mass is 9.61. The van der Waals surface area contributed by atoms with Crippen LogP contribution in [0.1, 0.15) is 19.3 Å². The molecule has 0 radical (unpaired) electrons. The zero-order valence-electron chi connectivity index (χ0n) is 10.1. The van der Waals surface area contributed by atoms with Crippen LogP contribution < -0.4 is 0 Å². The minimum absolute atomic E-state index is 0.260. The number of rotatable bonds is 2. The molecule has 17 heavy (non-hydrogen) atoms. The van der Waals surface area contributed by atoms with Crippen molar-refractivity contribution in [2.45, 2.75) is 19.3 Å². The molecule has 0 N–H and O–H groups in total. The predicted molar refractivity (Wildman–Crippen MR) is 58.9 cm³/mol. The van der Waals surface area contributed by atoms with Crippen molar-refractivity contribution < 1.29 is 19.1 Å². The molecule has 0 saturated heterocycles. The van der Waals surface area contributed by atoms with Gasteiger partial charge in [0.2, 0.25) is 0 Å². The fraction of sp³-hybridized carbons (Fsp3) is 0.692. The molecule has 4 heteroatoms. The molecule has 92 valence electrons. The smallest absolute Gasteiger partial charge is 0.334 e. The maximum atomic E-state index is 11.8. The van der Waals surface area contributed by atoms with Crippen LogP contribution in [0.5, 0.6) is 0 Å². The summed E-state index contributed by atoms with van der Waals surface area (Å²) >= 11 is 0. The zero-order chi connectivity index (χ0) is 12.2. The van der Waals surface area contributed by atoms with Crippen LogP contribution in [0.2, 0.25) is 0 Å². The number of fused-ring (bicyclic) bond motifs is 5. The predicted octanol–water partition coefficient (Wildman–Crippen LogP) is 1.30. The highest BCUT2D eigenvalue weighted by Gasteiger charge is 2.60. The van der Waals surface area contributed by atoms with Gasteiger partial charge in [0.25, 0.3) is 0 Å². The van der Waals surface area contributed by atoms with Gasteiger partial charge >= 0.3 is 11.9 Å². The Morgan fingerprint density at radius 1 is 0.941 bits per heavy atom. The molecular formula is C13H16O4. The average Bonchev–Trinajstić information content (AvgIpc) is 2.86. The van der Waals surface area contributed by atoms with Gasteiger partial charge in [0.05, 0.1) is 25.4 Å². The number of carbonyl (C=O) groups is 2. The largest absolute Gasteiger partial charge is 0.466 e. The fourth-order valence-electron chi connectivity index (χ4n) is 4.10. The molecule has 0 aromatic carbocycles. The SMILES string of the molecule is COC(=O)C1=C(C(=O)OC)C2C3CCC(C3)C12. The fourth-order valence-corrected chi connectivity index (χ4v) is 4.10. The summed E-state index contributed by atoms with van der Waals surface area (Å²) in [6.07, 6.45) is 3.51. The third-order valence-electron chi connectivity index (χ3n) is 4.68. The van der Waals surface area contributed by atoms with E-state index in [2.05, 4.69) is 0 Å². The van der Waals surface area contributed by atoms with Gasteiger partial charge in [-0.15, -0.1) is 0 Å². The molecule has 3 aliphatic carbocycles. The average molecular weight is 236 g/mol. The van der Waals surface area contributed by atoms with Crippen LogP contribution in [0.15, 0.2) is 11.1 Å². The molecule has 0 aromatic rings. The summed E-state index contributed by atoms with van der Waals surface area (Å²) in [6, 6.07) is 0. The van der Waals surface area contributed by atoms with Gasteiger partial charge in [0, 0.05) is 11.8 Å². The van der Waals surface area contributed by atoms with E-state index in [1.807, 2.05) is 0 Å². The lowest BCUT2D eigenvalue weighted by Crippen LogP contribution is -2.42. The Labute approximate surface area is 100.0 Å². The summed E-state index contributed by atoms with van der Waals surface area (Å²) in [4.78, 5) is 23.5. The van der Waals surface area contributed by atoms with Crippen molar-refractivity contribution in [2.75, 3.05) is 14.2 Å². The molecule has 0 aromatic heterocycles. The van der Waals surface area contributed by atoms with E-state index in [1.54, 1.807) is 0 Å². The normalized spacial score (nSPS) is 37.5. The molecule has 0 aliphatic heterocycles. The van der Waals surface area contributed by atoms with Crippen molar-refractivity contribution in [3.63, 3.8) is 0 Å². The van der Waals surface area contributed by atoms with Crippen molar-refractivity contribution in [1.29, 1.82) is 0 Å². The van der Waals surface area contributed by atoms with Crippen LogP contribution in [0.4, 0.5) is 0 Å². The molecule has 2 saturated carbocycles. The molecule has 4 unspecified atom stereocenters. The number of carbonyl (C=O) groups excluding carboxylic acids is 2. The molecule has 0 spiro atoms. The monoisotopic (exact) mass is 236 g/mol. The number of hydrogen-bond acceptors (Lipinski definition) is 4. The van der Waals surface area contributed by atoms with E-state index in [-0.39, 0.29) is 23.8 Å². The van der Waals surface area contributed by atoms with Gasteiger partial charge in [-0.2, -0.15) is 0 Å². The van der Waals surface area contributed by atoms with Crippen molar-refractivity contribution in [3.8, 4) is 0 Å². The number of esters is 2.